The number of carbonyl (C=O) groups is 2. The number of carboxylic acid groups (broad SMARTS) is 1. The Balaban J connectivity index is 2.12. The van der Waals surface area contributed by atoms with E-state index >= 15 is 0 Å². The number of esters is 1. The molecule has 0 saturated heterocycles. The van der Waals surface area contributed by atoms with Crippen molar-refractivity contribution < 1.29 is 37.0 Å². The highest BCUT2D eigenvalue weighted by Gasteiger charge is 2.61. The smallest absolute Gasteiger partial charge is 0.330 e. The quantitative estimate of drug-likeness (QED) is 0.377. The molecule has 1 aliphatic carbocycles. The maximum Gasteiger partial charge on any atom is 0.330 e. The van der Waals surface area contributed by atoms with E-state index in [9.17, 15) is 27.2 Å². The van der Waals surface area contributed by atoms with Gasteiger partial charge < -0.3 is 9.84 Å². The van der Waals surface area contributed by atoms with E-state index < -0.39 is 64.6 Å². The first-order valence-corrected chi connectivity index (χ1v) is 7.38. The van der Waals surface area contributed by atoms with Crippen molar-refractivity contribution in [2.24, 2.45) is 17.3 Å². The van der Waals surface area contributed by atoms with Crippen LogP contribution in [0, 0.1) is 40.5 Å². The number of benzene rings is 1. The van der Waals surface area contributed by atoms with E-state index in [2.05, 4.69) is 0 Å². The Bertz CT molecular complexity index is 744. The second kappa shape index (κ2) is 6.50. The molecule has 0 radical (unpaired) electrons. The van der Waals surface area contributed by atoms with E-state index in [-0.39, 0.29) is 11.6 Å². The zero-order chi connectivity index (χ0) is 19.1. The highest BCUT2D eigenvalue weighted by atomic mass is 19.2. The molecule has 2 rings (SSSR count). The summed E-state index contributed by atoms with van der Waals surface area (Å²) in [6.45, 7) is 3.82. The van der Waals surface area contributed by atoms with Gasteiger partial charge in [0, 0.05) is 11.6 Å². The molecule has 1 aromatic carbocycles. The molecule has 1 aliphatic rings. The first-order valence-electron chi connectivity index (χ1n) is 7.38. The molecule has 1 aromatic rings. The summed E-state index contributed by atoms with van der Waals surface area (Å²) >= 11 is 0. The molecule has 1 saturated carbocycles. The Morgan fingerprint density at radius 3 is 2.20 bits per heavy atom. The second-order valence-electron chi connectivity index (χ2n) is 6.53. The van der Waals surface area contributed by atoms with Crippen molar-refractivity contribution in [3.8, 4) is 0 Å². The molecule has 0 amide bonds. The van der Waals surface area contributed by atoms with Crippen molar-refractivity contribution in [2.75, 3.05) is 0 Å². The summed E-state index contributed by atoms with van der Waals surface area (Å²) in [4.78, 5) is 23.0. The number of halogens is 4. The number of aliphatic carboxylic acids is 1. The van der Waals surface area contributed by atoms with Crippen LogP contribution in [0.2, 0.25) is 0 Å². The molecule has 136 valence electrons. The highest BCUT2D eigenvalue weighted by Crippen LogP contribution is 2.59. The van der Waals surface area contributed by atoms with Gasteiger partial charge in [-0.3, -0.25) is 4.79 Å². The number of rotatable bonds is 5. The van der Waals surface area contributed by atoms with Crippen LogP contribution in [0.5, 0.6) is 0 Å². The third kappa shape index (κ3) is 3.52. The van der Waals surface area contributed by atoms with Gasteiger partial charge in [-0.05, 0) is 18.3 Å². The largest absolute Gasteiger partial charge is 0.478 e. The fourth-order valence-corrected chi connectivity index (χ4v) is 2.76. The van der Waals surface area contributed by atoms with E-state index in [0.717, 1.165) is 0 Å². The third-order valence-electron chi connectivity index (χ3n) is 4.49. The molecule has 2 unspecified atom stereocenters. The summed E-state index contributed by atoms with van der Waals surface area (Å²) in [6, 6.07) is 0.0650. The Kier molecular flexibility index (Phi) is 4.92. The minimum Gasteiger partial charge on any atom is -0.478 e. The Hall–Kier alpha value is -2.38. The van der Waals surface area contributed by atoms with Crippen LogP contribution >= 0.6 is 0 Å². The lowest BCUT2D eigenvalue weighted by Crippen LogP contribution is -2.13. The normalized spacial score (nSPS) is 21.8. The van der Waals surface area contributed by atoms with Gasteiger partial charge in [-0.25, -0.2) is 22.4 Å². The maximum absolute atomic E-state index is 13.6. The molecule has 0 aliphatic heterocycles. The molecule has 2 atom stereocenters. The van der Waals surface area contributed by atoms with Crippen molar-refractivity contribution in [1.29, 1.82) is 0 Å². The van der Waals surface area contributed by atoms with E-state index in [1.165, 1.54) is 13.0 Å². The first-order chi connectivity index (χ1) is 11.5. The van der Waals surface area contributed by atoms with E-state index in [1.54, 1.807) is 13.8 Å². The van der Waals surface area contributed by atoms with E-state index in [1.807, 2.05) is 0 Å². The Labute approximate surface area is 141 Å². The van der Waals surface area contributed by atoms with Crippen molar-refractivity contribution in [1.82, 2.24) is 0 Å². The van der Waals surface area contributed by atoms with Gasteiger partial charge in [-0.15, -0.1) is 0 Å². The van der Waals surface area contributed by atoms with Crippen LogP contribution in [0.25, 0.3) is 0 Å². The van der Waals surface area contributed by atoms with Crippen molar-refractivity contribution in [3.63, 3.8) is 0 Å². The fourth-order valence-electron chi connectivity index (χ4n) is 2.76. The number of carbonyl (C=O) groups excluding carboxylic acids is 1. The first kappa shape index (κ1) is 19.0. The van der Waals surface area contributed by atoms with Gasteiger partial charge in [0.2, 0.25) is 0 Å². The second-order valence-corrected chi connectivity index (χ2v) is 6.53. The molecule has 0 aromatic heterocycles. The molecular weight excluding hydrogens is 344 g/mol. The molecule has 0 heterocycles. The number of hydrogen-bond donors (Lipinski definition) is 1. The Morgan fingerprint density at radius 1 is 1.20 bits per heavy atom. The lowest BCUT2D eigenvalue weighted by Gasteiger charge is -2.09. The van der Waals surface area contributed by atoms with Crippen molar-refractivity contribution >= 4 is 11.9 Å². The minimum absolute atomic E-state index is 0.0534. The lowest BCUT2D eigenvalue weighted by atomic mass is 10.1. The van der Waals surface area contributed by atoms with Gasteiger partial charge in [0.05, 0.1) is 11.5 Å². The Morgan fingerprint density at radius 2 is 1.72 bits per heavy atom. The van der Waals surface area contributed by atoms with Crippen molar-refractivity contribution in [2.45, 2.75) is 27.4 Å². The zero-order valence-corrected chi connectivity index (χ0v) is 13.7. The highest BCUT2D eigenvalue weighted by molar-refractivity contribution is 5.86. The monoisotopic (exact) mass is 360 g/mol. The maximum atomic E-state index is 13.6. The van der Waals surface area contributed by atoms with Crippen molar-refractivity contribution in [3.05, 3.63) is 46.5 Å². The van der Waals surface area contributed by atoms with Crippen LogP contribution < -0.4 is 0 Å². The summed E-state index contributed by atoms with van der Waals surface area (Å²) in [5.74, 6) is -9.52. The van der Waals surface area contributed by atoms with E-state index in [4.69, 9.17) is 9.84 Å². The summed E-state index contributed by atoms with van der Waals surface area (Å²) in [5.41, 5.74) is -1.56. The van der Waals surface area contributed by atoms with Crippen LogP contribution in [0.3, 0.4) is 0 Å². The summed E-state index contributed by atoms with van der Waals surface area (Å²) in [5, 5.41) is 8.88. The summed E-state index contributed by atoms with van der Waals surface area (Å²) in [6.07, 6.45) is 1.41. The molecule has 0 spiro atoms. The molecular formula is C17H16F4O4. The molecule has 25 heavy (non-hydrogen) atoms. The van der Waals surface area contributed by atoms with Crippen LogP contribution in [0.15, 0.2) is 17.7 Å². The molecule has 0 bridgehead atoms. The number of carboxylic acids is 1. The predicted octanol–water partition coefficient (Wildman–Crippen LogP) is 3.59. The predicted molar refractivity (Wildman–Crippen MR) is 78.2 cm³/mol. The van der Waals surface area contributed by atoms with Crippen LogP contribution in [0.1, 0.15) is 26.3 Å². The van der Waals surface area contributed by atoms with E-state index in [0.29, 0.717) is 0 Å². The minimum atomic E-state index is -1.63. The molecule has 4 nitrogen and oxygen atoms in total. The van der Waals surface area contributed by atoms with Crippen LogP contribution in [-0.2, 0) is 20.9 Å². The number of allylic oxidation sites excluding steroid dienone is 1. The van der Waals surface area contributed by atoms with Gasteiger partial charge in [0.15, 0.2) is 23.3 Å². The van der Waals surface area contributed by atoms with Gasteiger partial charge in [0.25, 0.3) is 0 Å². The topological polar surface area (TPSA) is 63.6 Å². The SMILES string of the molecule is CC(=CC1C(C(=O)OCc2c(F)c(F)cc(F)c2F)C1(C)C)C(=O)O. The van der Waals surface area contributed by atoms with Gasteiger partial charge in [0.1, 0.15) is 6.61 Å². The lowest BCUT2D eigenvalue weighted by molar-refractivity contribution is -0.147. The van der Waals surface area contributed by atoms with Gasteiger partial charge in [-0.1, -0.05) is 19.9 Å². The third-order valence-corrected chi connectivity index (χ3v) is 4.49. The average Bonchev–Trinajstić information content (AvgIpc) is 3.05. The van der Waals surface area contributed by atoms with Gasteiger partial charge in [-0.2, -0.15) is 0 Å². The summed E-state index contributed by atoms with van der Waals surface area (Å²) in [7, 11) is 0. The molecule has 1 fully saturated rings. The number of ether oxygens (including phenoxy) is 1. The number of hydrogen-bond acceptors (Lipinski definition) is 3. The van der Waals surface area contributed by atoms with Crippen LogP contribution in [-0.4, -0.2) is 17.0 Å². The average molecular weight is 360 g/mol. The molecule has 8 heteroatoms. The zero-order valence-electron chi connectivity index (χ0n) is 13.7. The van der Waals surface area contributed by atoms with Gasteiger partial charge >= 0.3 is 11.9 Å². The summed E-state index contributed by atoms with van der Waals surface area (Å²) < 4.78 is 58.2. The van der Waals surface area contributed by atoms with Crippen LogP contribution in [0.4, 0.5) is 17.6 Å². The fraction of sp³-hybridized carbons (Fsp3) is 0.412. The standard InChI is InChI=1S/C17H16F4O4/c1-7(15(22)23)4-9-12(17(9,2)3)16(24)25-6-8-13(20)10(18)5-11(19)14(8)21/h4-5,9,12H,6H2,1-3H3,(H,22,23). The molecule has 1 N–H and O–H groups in total.